The van der Waals surface area contributed by atoms with E-state index in [1.807, 2.05) is 6.92 Å². The van der Waals surface area contributed by atoms with Gasteiger partial charge in [-0.15, -0.1) is 13.2 Å². The lowest BCUT2D eigenvalue weighted by molar-refractivity contribution is -0.274. The highest BCUT2D eigenvalue weighted by Gasteiger charge is 2.31. The van der Waals surface area contributed by atoms with Crippen LogP contribution in [-0.2, 0) is 12.7 Å². The van der Waals surface area contributed by atoms with Gasteiger partial charge in [-0.25, -0.2) is 4.99 Å². The van der Waals surface area contributed by atoms with Crippen molar-refractivity contribution < 1.29 is 35.8 Å². The molecule has 1 aromatic heterocycles. The second kappa shape index (κ2) is 9.36. The number of ether oxygens (including phenoxy) is 2. The predicted molar refractivity (Wildman–Crippen MR) is 117 cm³/mol. The van der Waals surface area contributed by atoms with Gasteiger partial charge in [0, 0.05) is 24.2 Å². The third-order valence-corrected chi connectivity index (χ3v) is 5.02. The van der Waals surface area contributed by atoms with E-state index >= 15 is 0 Å². The summed E-state index contributed by atoms with van der Waals surface area (Å²) in [6.07, 6.45) is -7.59. The van der Waals surface area contributed by atoms with Crippen molar-refractivity contribution >= 4 is 16.6 Å². The zero-order valence-corrected chi connectivity index (χ0v) is 18.2. The number of fused-ring (bicyclic) bond motifs is 1. The van der Waals surface area contributed by atoms with Gasteiger partial charge >= 0.3 is 12.5 Å². The van der Waals surface area contributed by atoms with E-state index in [0.29, 0.717) is 34.2 Å². The summed E-state index contributed by atoms with van der Waals surface area (Å²) in [5, 5.41) is 1.05. The van der Waals surface area contributed by atoms with E-state index < -0.39 is 23.9 Å². The Morgan fingerprint density at radius 2 is 1.51 bits per heavy atom. The zero-order valence-electron chi connectivity index (χ0n) is 18.2. The molecule has 4 aromatic rings. The summed E-state index contributed by atoms with van der Waals surface area (Å²) < 4.78 is 88.0. The minimum Gasteiger partial charge on any atom is -0.457 e. The van der Waals surface area contributed by atoms with E-state index in [9.17, 15) is 26.3 Å². The summed E-state index contributed by atoms with van der Waals surface area (Å²) in [7, 11) is 0. The highest BCUT2D eigenvalue weighted by molar-refractivity contribution is 5.79. The Labute approximate surface area is 195 Å². The standard InChI is InChI=1S/C25H18F6N2O2/c1-2-33-13-12-22(21-11-6-16(14-23(21)33)24(26,27)28)32-17-7-9-18(10-8-17)34-19-4-3-5-20(15-19)35-25(29,30)31/h3-15H,2H2,1H3. The molecule has 0 saturated heterocycles. The van der Waals surface area contributed by atoms with E-state index in [1.165, 1.54) is 18.2 Å². The molecule has 0 atom stereocenters. The molecule has 0 fully saturated rings. The molecule has 0 aliphatic carbocycles. The van der Waals surface area contributed by atoms with Crippen LogP contribution in [0.3, 0.4) is 0 Å². The molecule has 1 heterocycles. The highest BCUT2D eigenvalue weighted by atomic mass is 19.4. The molecule has 0 aliphatic rings. The predicted octanol–water partition coefficient (Wildman–Crippen LogP) is 7.60. The van der Waals surface area contributed by atoms with Gasteiger partial charge in [0.05, 0.1) is 22.1 Å². The van der Waals surface area contributed by atoms with Crippen molar-refractivity contribution in [2.24, 2.45) is 4.99 Å². The number of hydrogen-bond acceptors (Lipinski definition) is 3. The monoisotopic (exact) mass is 492 g/mol. The van der Waals surface area contributed by atoms with E-state index in [1.54, 1.807) is 41.1 Å². The second-order valence-corrected chi connectivity index (χ2v) is 7.45. The zero-order chi connectivity index (χ0) is 25.2. The molecule has 0 N–H and O–H groups in total. The Kier molecular flexibility index (Phi) is 6.47. The van der Waals surface area contributed by atoms with Gasteiger partial charge in [-0.05, 0) is 61.5 Å². The third-order valence-electron chi connectivity index (χ3n) is 5.02. The largest absolute Gasteiger partial charge is 0.573 e. The molecular weight excluding hydrogens is 474 g/mol. The first kappa shape index (κ1) is 24.2. The minimum atomic E-state index is -4.81. The summed E-state index contributed by atoms with van der Waals surface area (Å²) >= 11 is 0. The van der Waals surface area contributed by atoms with Crippen molar-refractivity contribution in [3.63, 3.8) is 0 Å². The van der Waals surface area contributed by atoms with E-state index in [-0.39, 0.29) is 5.75 Å². The average Bonchev–Trinajstić information content (AvgIpc) is 2.79. The Balaban J connectivity index is 1.62. The van der Waals surface area contributed by atoms with Gasteiger partial charge in [0.1, 0.15) is 17.2 Å². The van der Waals surface area contributed by atoms with Crippen LogP contribution in [-0.4, -0.2) is 10.9 Å². The first-order chi connectivity index (χ1) is 16.5. The van der Waals surface area contributed by atoms with Gasteiger partial charge in [0.2, 0.25) is 0 Å². The molecule has 0 saturated carbocycles. The molecule has 0 bridgehead atoms. The van der Waals surface area contributed by atoms with Gasteiger partial charge in [0.25, 0.3) is 0 Å². The van der Waals surface area contributed by atoms with Crippen LogP contribution in [0.2, 0.25) is 0 Å². The summed E-state index contributed by atoms with van der Waals surface area (Å²) in [4.78, 5) is 4.54. The highest BCUT2D eigenvalue weighted by Crippen LogP contribution is 2.32. The van der Waals surface area contributed by atoms with Crippen molar-refractivity contribution in [2.45, 2.75) is 26.0 Å². The number of nitrogens with zero attached hydrogens (tertiary/aromatic N) is 2. The molecule has 10 heteroatoms. The van der Waals surface area contributed by atoms with Gasteiger partial charge in [-0.1, -0.05) is 12.1 Å². The van der Waals surface area contributed by atoms with Crippen LogP contribution in [0.15, 0.2) is 84.0 Å². The maximum absolute atomic E-state index is 13.2. The van der Waals surface area contributed by atoms with Gasteiger partial charge in [-0.3, -0.25) is 0 Å². The summed E-state index contributed by atoms with van der Waals surface area (Å²) in [5.74, 6) is 0.0929. The number of pyridine rings is 1. The minimum absolute atomic E-state index is 0.148. The number of rotatable bonds is 5. The summed E-state index contributed by atoms with van der Waals surface area (Å²) in [6, 6.07) is 16.8. The second-order valence-electron chi connectivity index (χ2n) is 7.45. The fourth-order valence-corrected chi connectivity index (χ4v) is 3.46. The van der Waals surface area contributed by atoms with Crippen molar-refractivity contribution in [3.8, 4) is 17.2 Å². The lowest BCUT2D eigenvalue weighted by Crippen LogP contribution is -2.16. The summed E-state index contributed by atoms with van der Waals surface area (Å²) in [5.41, 5.74) is 0.182. The van der Waals surface area contributed by atoms with Gasteiger partial charge in [-0.2, -0.15) is 13.2 Å². The molecule has 4 nitrogen and oxygen atoms in total. The molecule has 0 spiro atoms. The molecule has 0 aliphatic heterocycles. The number of hydrogen-bond donors (Lipinski definition) is 0. The number of alkyl halides is 6. The fraction of sp³-hybridized carbons (Fsp3) is 0.160. The summed E-state index contributed by atoms with van der Waals surface area (Å²) in [6.45, 7) is 2.32. The third kappa shape index (κ3) is 5.95. The Hall–Kier alpha value is -3.95. The normalized spacial score (nSPS) is 12.7. The molecule has 35 heavy (non-hydrogen) atoms. The maximum atomic E-state index is 13.2. The van der Waals surface area contributed by atoms with Crippen LogP contribution in [0.1, 0.15) is 12.5 Å². The van der Waals surface area contributed by atoms with Crippen LogP contribution in [0.5, 0.6) is 17.2 Å². The maximum Gasteiger partial charge on any atom is 0.573 e. The number of halogens is 6. The Morgan fingerprint density at radius 1 is 0.800 bits per heavy atom. The van der Waals surface area contributed by atoms with Crippen molar-refractivity contribution in [1.29, 1.82) is 0 Å². The number of aromatic nitrogens is 1. The van der Waals surface area contributed by atoms with Crippen molar-refractivity contribution in [1.82, 2.24) is 4.57 Å². The molecule has 0 radical (unpaired) electrons. The topological polar surface area (TPSA) is 35.8 Å². The number of aryl methyl sites for hydroxylation is 1. The molecule has 3 aromatic carbocycles. The Morgan fingerprint density at radius 3 is 2.17 bits per heavy atom. The van der Waals surface area contributed by atoms with Crippen LogP contribution in [0.4, 0.5) is 32.0 Å². The van der Waals surface area contributed by atoms with E-state index in [0.717, 1.165) is 24.3 Å². The molecule has 0 amide bonds. The van der Waals surface area contributed by atoms with E-state index in [4.69, 9.17) is 4.74 Å². The molecule has 0 unspecified atom stereocenters. The van der Waals surface area contributed by atoms with Crippen LogP contribution >= 0.6 is 0 Å². The smallest absolute Gasteiger partial charge is 0.457 e. The fourth-order valence-electron chi connectivity index (χ4n) is 3.46. The van der Waals surface area contributed by atoms with Gasteiger partial charge < -0.3 is 14.0 Å². The van der Waals surface area contributed by atoms with Crippen LogP contribution < -0.4 is 14.8 Å². The lowest BCUT2D eigenvalue weighted by atomic mass is 10.1. The van der Waals surface area contributed by atoms with Gasteiger partial charge in [0.15, 0.2) is 0 Å². The molecule has 4 rings (SSSR count). The first-order valence-corrected chi connectivity index (χ1v) is 10.4. The molecular formula is C25H18F6N2O2. The quantitative estimate of drug-likeness (QED) is 0.269. The molecule has 182 valence electrons. The average molecular weight is 492 g/mol. The van der Waals surface area contributed by atoms with E-state index in [2.05, 4.69) is 9.73 Å². The van der Waals surface area contributed by atoms with Crippen LogP contribution in [0.25, 0.3) is 10.9 Å². The Bertz CT molecular complexity index is 1410. The lowest BCUT2D eigenvalue weighted by Gasteiger charge is -2.12. The first-order valence-electron chi connectivity index (χ1n) is 10.4. The number of benzene rings is 3. The van der Waals surface area contributed by atoms with Crippen molar-refractivity contribution in [2.75, 3.05) is 0 Å². The SMILES string of the molecule is CCn1ccc(=Nc2ccc(Oc3cccc(OC(F)(F)F)c3)cc2)c2ccc(C(F)(F)F)cc21. The van der Waals surface area contributed by atoms with Crippen molar-refractivity contribution in [3.05, 3.63) is 89.9 Å². The van der Waals surface area contributed by atoms with Crippen LogP contribution in [0, 0.1) is 0 Å².